The predicted molar refractivity (Wildman–Crippen MR) is 109 cm³/mol. The van der Waals surface area contributed by atoms with E-state index in [9.17, 15) is 5.11 Å². The fourth-order valence-corrected chi connectivity index (χ4v) is 3.37. The number of para-hydroxylation sites is 1. The normalized spacial score (nSPS) is 13.9. The van der Waals surface area contributed by atoms with Crippen molar-refractivity contribution in [3.8, 4) is 5.75 Å². The summed E-state index contributed by atoms with van der Waals surface area (Å²) in [6, 6.07) is 6.19. The Balaban J connectivity index is 2.34. The molecule has 1 rings (SSSR count). The van der Waals surface area contributed by atoms with Crippen LogP contribution in [0.5, 0.6) is 5.75 Å². The molecule has 0 aromatic heterocycles. The average Bonchev–Trinajstić information content (AvgIpc) is 2.53. The highest BCUT2D eigenvalue weighted by atomic mass is 79.9. The summed E-state index contributed by atoms with van der Waals surface area (Å²) in [7, 11) is 0. The number of aryl methyl sites for hydroxylation is 1. The number of rotatable bonds is 12. The maximum Gasteiger partial charge on any atom is 0.121 e. The Morgan fingerprint density at radius 1 is 0.913 bits per heavy atom. The first kappa shape index (κ1) is 21.0. The summed E-state index contributed by atoms with van der Waals surface area (Å²) in [6.45, 7) is 4.39. The molecule has 0 aliphatic heterocycles. The van der Waals surface area contributed by atoms with Gasteiger partial charge in [-0.1, -0.05) is 109 Å². The van der Waals surface area contributed by atoms with Gasteiger partial charge in [0.25, 0.3) is 0 Å². The number of hydrogen-bond acceptors (Lipinski definition) is 1. The largest absolute Gasteiger partial charge is 0.507 e. The number of phenolic OH excluding ortho intramolecular Hbond substituents is 1. The SMILES string of the molecule is CCCCCCCCCCc1cccc(CC(Br)C(C)Br)c1O. The molecule has 1 aromatic rings. The zero-order chi connectivity index (χ0) is 17.1. The molecule has 0 spiro atoms. The molecule has 0 bridgehead atoms. The lowest BCUT2D eigenvalue weighted by molar-refractivity contribution is 0.458. The Morgan fingerprint density at radius 2 is 1.48 bits per heavy atom. The minimum atomic E-state index is 0.340. The van der Waals surface area contributed by atoms with Gasteiger partial charge >= 0.3 is 0 Å². The van der Waals surface area contributed by atoms with E-state index in [2.05, 4.69) is 57.8 Å². The minimum Gasteiger partial charge on any atom is -0.507 e. The molecule has 0 aliphatic rings. The van der Waals surface area contributed by atoms with Crippen LogP contribution in [0.3, 0.4) is 0 Å². The monoisotopic (exact) mass is 446 g/mol. The number of benzene rings is 1. The predicted octanol–water partition coefficient (Wildman–Crippen LogP) is 7.16. The molecule has 0 saturated carbocycles. The van der Waals surface area contributed by atoms with E-state index in [1.54, 1.807) is 0 Å². The molecule has 2 atom stereocenters. The van der Waals surface area contributed by atoms with Crippen molar-refractivity contribution in [3.63, 3.8) is 0 Å². The first-order valence-corrected chi connectivity index (χ1v) is 11.0. The van der Waals surface area contributed by atoms with E-state index in [1.165, 1.54) is 51.4 Å². The van der Waals surface area contributed by atoms with Crippen LogP contribution in [0.4, 0.5) is 0 Å². The molecule has 132 valence electrons. The second-order valence-corrected chi connectivity index (χ2v) is 9.17. The van der Waals surface area contributed by atoms with Crippen molar-refractivity contribution < 1.29 is 5.11 Å². The maximum atomic E-state index is 10.5. The number of halogens is 2. The molecule has 23 heavy (non-hydrogen) atoms. The van der Waals surface area contributed by atoms with E-state index >= 15 is 0 Å². The number of hydrogen-bond donors (Lipinski definition) is 1. The van der Waals surface area contributed by atoms with Gasteiger partial charge in [-0.2, -0.15) is 0 Å². The first-order chi connectivity index (χ1) is 11.1. The van der Waals surface area contributed by atoms with Crippen LogP contribution >= 0.6 is 31.9 Å². The van der Waals surface area contributed by atoms with Crippen molar-refractivity contribution in [2.24, 2.45) is 0 Å². The van der Waals surface area contributed by atoms with Gasteiger partial charge in [-0.15, -0.1) is 0 Å². The third kappa shape index (κ3) is 8.58. The smallest absolute Gasteiger partial charge is 0.121 e. The summed E-state index contributed by atoms with van der Waals surface area (Å²) in [4.78, 5) is 0.727. The summed E-state index contributed by atoms with van der Waals surface area (Å²) < 4.78 is 0. The molecule has 3 heteroatoms. The number of phenols is 1. The van der Waals surface area contributed by atoms with Crippen molar-refractivity contribution >= 4 is 31.9 Å². The number of unbranched alkanes of at least 4 members (excludes halogenated alkanes) is 7. The van der Waals surface area contributed by atoms with Crippen LogP contribution in [0.1, 0.15) is 76.3 Å². The quantitative estimate of drug-likeness (QED) is 0.266. The van der Waals surface area contributed by atoms with Crippen molar-refractivity contribution in [3.05, 3.63) is 29.3 Å². The van der Waals surface area contributed by atoms with Gasteiger partial charge in [-0.05, 0) is 30.4 Å². The molecule has 0 saturated heterocycles. The molecule has 0 fully saturated rings. The van der Waals surface area contributed by atoms with Crippen molar-refractivity contribution in [1.29, 1.82) is 0 Å². The van der Waals surface area contributed by atoms with E-state index in [0.29, 0.717) is 15.4 Å². The molecular weight excluding hydrogens is 416 g/mol. The van der Waals surface area contributed by atoms with Crippen LogP contribution in [-0.2, 0) is 12.8 Å². The maximum absolute atomic E-state index is 10.5. The summed E-state index contributed by atoms with van der Waals surface area (Å²) in [6.07, 6.45) is 12.4. The van der Waals surface area contributed by atoms with E-state index in [0.717, 1.165) is 24.0 Å². The van der Waals surface area contributed by atoms with Crippen molar-refractivity contribution in [1.82, 2.24) is 0 Å². The van der Waals surface area contributed by atoms with Crippen molar-refractivity contribution in [2.75, 3.05) is 0 Å². The van der Waals surface area contributed by atoms with Gasteiger partial charge in [0.15, 0.2) is 0 Å². The zero-order valence-electron chi connectivity index (χ0n) is 14.7. The van der Waals surface area contributed by atoms with Gasteiger partial charge < -0.3 is 5.11 Å². The fourth-order valence-electron chi connectivity index (χ4n) is 2.83. The molecule has 1 nitrogen and oxygen atoms in total. The van der Waals surface area contributed by atoms with Crippen molar-refractivity contribution in [2.45, 2.75) is 87.7 Å². The minimum absolute atomic E-state index is 0.340. The van der Waals surface area contributed by atoms with E-state index in [1.807, 2.05) is 6.07 Å². The lowest BCUT2D eigenvalue weighted by Gasteiger charge is -2.15. The third-order valence-electron chi connectivity index (χ3n) is 4.42. The number of alkyl halides is 2. The standard InChI is InChI=1S/C20H32Br2O/c1-3-4-5-6-7-8-9-10-12-17-13-11-14-18(20(17)23)15-19(22)16(2)21/h11,13-14,16,19,23H,3-10,12,15H2,1-2H3. The summed E-state index contributed by atoms with van der Waals surface area (Å²) in [5.41, 5.74) is 2.16. The molecule has 0 amide bonds. The van der Waals surface area contributed by atoms with Gasteiger partial charge in [0.05, 0.1) is 0 Å². The van der Waals surface area contributed by atoms with E-state index in [-0.39, 0.29) is 0 Å². The fraction of sp³-hybridized carbons (Fsp3) is 0.700. The van der Waals surface area contributed by atoms with Crippen LogP contribution in [0.2, 0.25) is 0 Å². The van der Waals surface area contributed by atoms with Crippen LogP contribution in [-0.4, -0.2) is 14.8 Å². The molecule has 1 N–H and O–H groups in total. The zero-order valence-corrected chi connectivity index (χ0v) is 17.8. The van der Waals surface area contributed by atoms with Crippen LogP contribution in [0.15, 0.2) is 18.2 Å². The molecule has 0 radical (unpaired) electrons. The topological polar surface area (TPSA) is 20.2 Å². The molecule has 0 heterocycles. The second-order valence-electron chi connectivity index (χ2n) is 6.55. The van der Waals surface area contributed by atoms with Crippen LogP contribution in [0, 0.1) is 0 Å². The Labute approximate surface area is 159 Å². The lowest BCUT2D eigenvalue weighted by Crippen LogP contribution is -2.13. The van der Waals surface area contributed by atoms with Crippen LogP contribution < -0.4 is 0 Å². The number of aromatic hydroxyl groups is 1. The molecule has 1 aromatic carbocycles. The summed E-state index contributed by atoms with van der Waals surface area (Å²) in [5.74, 6) is 0.507. The molecule has 2 unspecified atom stereocenters. The third-order valence-corrected chi connectivity index (χ3v) is 6.88. The van der Waals surface area contributed by atoms with Gasteiger partial charge in [-0.25, -0.2) is 0 Å². The summed E-state index contributed by atoms with van der Waals surface area (Å²) >= 11 is 7.27. The first-order valence-electron chi connectivity index (χ1n) is 9.14. The van der Waals surface area contributed by atoms with Gasteiger partial charge in [0.2, 0.25) is 0 Å². The second kappa shape index (κ2) is 12.4. The average molecular weight is 448 g/mol. The van der Waals surface area contributed by atoms with E-state index in [4.69, 9.17) is 0 Å². The Kier molecular flexibility index (Phi) is 11.3. The van der Waals surface area contributed by atoms with Gasteiger partial charge in [0.1, 0.15) is 5.75 Å². The Bertz CT molecular complexity index is 432. The summed E-state index contributed by atoms with van der Waals surface area (Å²) in [5, 5.41) is 10.5. The Hall–Kier alpha value is -0.0200. The van der Waals surface area contributed by atoms with Gasteiger partial charge in [0, 0.05) is 9.65 Å². The highest BCUT2D eigenvalue weighted by molar-refractivity contribution is 9.12. The van der Waals surface area contributed by atoms with Crippen LogP contribution in [0.25, 0.3) is 0 Å². The highest BCUT2D eigenvalue weighted by Crippen LogP contribution is 2.28. The lowest BCUT2D eigenvalue weighted by atomic mass is 9.99. The van der Waals surface area contributed by atoms with E-state index < -0.39 is 0 Å². The molecular formula is C20H32Br2O. The van der Waals surface area contributed by atoms with Gasteiger partial charge in [-0.3, -0.25) is 0 Å². The molecule has 0 aliphatic carbocycles. The highest BCUT2D eigenvalue weighted by Gasteiger charge is 2.15. The Morgan fingerprint density at radius 3 is 2.09 bits per heavy atom.